The highest BCUT2D eigenvalue weighted by Gasteiger charge is 2.39. The highest BCUT2D eigenvalue weighted by molar-refractivity contribution is 5.44. The van der Waals surface area contributed by atoms with Gasteiger partial charge in [0.15, 0.2) is 0 Å². The summed E-state index contributed by atoms with van der Waals surface area (Å²) >= 11 is 0. The van der Waals surface area contributed by atoms with Crippen LogP contribution in [0.2, 0.25) is 0 Å². The molecule has 1 unspecified atom stereocenters. The van der Waals surface area contributed by atoms with E-state index in [1.54, 1.807) is 0 Å². The molecule has 0 saturated heterocycles. The molecule has 0 radical (unpaired) electrons. The van der Waals surface area contributed by atoms with Crippen molar-refractivity contribution in [1.82, 2.24) is 0 Å². The van der Waals surface area contributed by atoms with Crippen LogP contribution >= 0.6 is 0 Å². The minimum absolute atomic E-state index is 0.300. The van der Waals surface area contributed by atoms with Crippen LogP contribution in [0.3, 0.4) is 0 Å². The molecule has 0 aromatic heterocycles. The fraction of sp³-hybridized carbons (Fsp3) is 0.571. The van der Waals surface area contributed by atoms with Crippen LogP contribution in [0.5, 0.6) is 5.75 Å². The fourth-order valence-electron chi connectivity index (χ4n) is 3.11. The third kappa shape index (κ3) is 1.45. The van der Waals surface area contributed by atoms with Gasteiger partial charge in [0.25, 0.3) is 0 Å². The fourth-order valence-corrected chi connectivity index (χ4v) is 3.11. The molecule has 1 nitrogen and oxygen atoms in total. The number of phenolic OH excluding ortho intramolecular Hbond substituents is 1. The zero-order valence-electron chi connectivity index (χ0n) is 9.88. The molecule has 1 aromatic rings. The Balaban J connectivity index is 2.54. The number of phenols is 1. The Morgan fingerprint density at radius 1 is 1.40 bits per heavy atom. The number of benzene rings is 1. The second kappa shape index (κ2) is 3.55. The molecule has 1 aliphatic carbocycles. The molecule has 0 fully saturated rings. The van der Waals surface area contributed by atoms with Crippen molar-refractivity contribution in [3.63, 3.8) is 0 Å². The lowest BCUT2D eigenvalue weighted by Crippen LogP contribution is -2.28. The van der Waals surface area contributed by atoms with Gasteiger partial charge in [0.05, 0.1) is 0 Å². The van der Waals surface area contributed by atoms with Crippen molar-refractivity contribution >= 4 is 0 Å². The quantitative estimate of drug-likeness (QED) is 0.779. The molecule has 0 spiro atoms. The highest BCUT2D eigenvalue weighted by Crippen LogP contribution is 2.47. The van der Waals surface area contributed by atoms with Gasteiger partial charge in [-0.3, -0.25) is 0 Å². The normalized spacial score (nSPS) is 24.5. The lowest BCUT2D eigenvalue weighted by atomic mass is 9.71. The van der Waals surface area contributed by atoms with Crippen LogP contribution in [0, 0.1) is 5.92 Å². The van der Waals surface area contributed by atoms with Crippen molar-refractivity contribution < 1.29 is 5.11 Å². The van der Waals surface area contributed by atoms with Crippen LogP contribution in [0.4, 0.5) is 0 Å². The summed E-state index contributed by atoms with van der Waals surface area (Å²) in [6, 6.07) is 5.88. The van der Waals surface area contributed by atoms with Gasteiger partial charge in [0, 0.05) is 0 Å². The Morgan fingerprint density at radius 3 is 2.73 bits per heavy atom. The lowest BCUT2D eigenvalue weighted by molar-refractivity contribution is 0.293. The molecule has 0 amide bonds. The molecule has 1 aliphatic rings. The van der Waals surface area contributed by atoms with E-state index < -0.39 is 0 Å². The van der Waals surface area contributed by atoms with Crippen LogP contribution in [-0.2, 0) is 11.8 Å². The summed E-state index contributed by atoms with van der Waals surface area (Å²) in [5.74, 6) is 1.06. The maximum Gasteiger partial charge on any atom is 0.115 e. The zero-order chi connectivity index (χ0) is 11.1. The number of fused-ring (bicyclic) bond motifs is 1. The molecule has 1 N–H and O–H groups in total. The molecule has 0 saturated carbocycles. The summed E-state index contributed by atoms with van der Waals surface area (Å²) in [4.78, 5) is 0. The van der Waals surface area contributed by atoms with Gasteiger partial charge in [0.1, 0.15) is 5.75 Å². The van der Waals surface area contributed by atoms with Crippen LogP contribution in [0.15, 0.2) is 18.2 Å². The standard InChI is InChI=1S/C14H20O/c1-4-14(10(2)3)8-7-11-5-6-12(15)9-13(11)14/h5-6,9-10,15H,4,7-8H2,1-3H3. The van der Waals surface area contributed by atoms with Crippen molar-refractivity contribution in [2.45, 2.75) is 45.4 Å². The Hall–Kier alpha value is -0.980. The van der Waals surface area contributed by atoms with Gasteiger partial charge >= 0.3 is 0 Å². The third-order valence-electron chi connectivity index (χ3n) is 4.21. The van der Waals surface area contributed by atoms with E-state index in [1.807, 2.05) is 12.1 Å². The predicted molar refractivity (Wildman–Crippen MR) is 63.2 cm³/mol. The largest absolute Gasteiger partial charge is 0.508 e. The van der Waals surface area contributed by atoms with E-state index in [9.17, 15) is 5.11 Å². The summed E-state index contributed by atoms with van der Waals surface area (Å²) < 4.78 is 0. The van der Waals surface area contributed by atoms with Crippen molar-refractivity contribution in [3.8, 4) is 5.75 Å². The van der Waals surface area contributed by atoms with Gasteiger partial charge in [0.2, 0.25) is 0 Å². The summed E-state index contributed by atoms with van der Waals surface area (Å²) in [5.41, 5.74) is 3.12. The Morgan fingerprint density at radius 2 is 2.13 bits per heavy atom. The van der Waals surface area contributed by atoms with Gasteiger partial charge in [-0.05, 0) is 53.9 Å². The van der Waals surface area contributed by atoms with Gasteiger partial charge in [-0.15, -0.1) is 0 Å². The number of aromatic hydroxyl groups is 1. The Bertz CT molecular complexity index is 368. The molecule has 0 heterocycles. The molecule has 82 valence electrons. The number of hydrogen-bond acceptors (Lipinski definition) is 1. The van der Waals surface area contributed by atoms with E-state index in [0.29, 0.717) is 17.1 Å². The molecule has 1 heteroatoms. The molecular formula is C14H20O. The topological polar surface area (TPSA) is 20.2 Å². The summed E-state index contributed by atoms with van der Waals surface area (Å²) in [5, 5.41) is 9.61. The second-order valence-electron chi connectivity index (χ2n) is 5.01. The van der Waals surface area contributed by atoms with Crippen molar-refractivity contribution in [2.75, 3.05) is 0 Å². The van der Waals surface area contributed by atoms with Gasteiger partial charge < -0.3 is 5.11 Å². The van der Waals surface area contributed by atoms with E-state index in [0.717, 1.165) is 0 Å². The molecule has 15 heavy (non-hydrogen) atoms. The first kappa shape index (κ1) is 10.5. The van der Waals surface area contributed by atoms with Crippen LogP contribution < -0.4 is 0 Å². The average Bonchev–Trinajstić information content (AvgIpc) is 2.57. The van der Waals surface area contributed by atoms with Gasteiger partial charge in [-0.1, -0.05) is 26.8 Å². The van der Waals surface area contributed by atoms with E-state index in [4.69, 9.17) is 0 Å². The van der Waals surface area contributed by atoms with E-state index in [-0.39, 0.29) is 0 Å². The molecule has 1 atom stereocenters. The second-order valence-corrected chi connectivity index (χ2v) is 5.01. The molecule has 1 aromatic carbocycles. The Kier molecular flexibility index (Phi) is 2.49. The average molecular weight is 204 g/mol. The van der Waals surface area contributed by atoms with Gasteiger partial charge in [-0.2, -0.15) is 0 Å². The third-order valence-corrected chi connectivity index (χ3v) is 4.21. The Labute approximate surface area is 92.1 Å². The molecule has 2 rings (SSSR count). The van der Waals surface area contributed by atoms with E-state index >= 15 is 0 Å². The van der Waals surface area contributed by atoms with Crippen LogP contribution in [0.1, 0.15) is 44.7 Å². The first-order valence-electron chi connectivity index (χ1n) is 5.92. The minimum atomic E-state index is 0.300. The molecule has 0 bridgehead atoms. The summed E-state index contributed by atoms with van der Waals surface area (Å²) in [7, 11) is 0. The first-order chi connectivity index (χ1) is 7.10. The molecule has 0 aliphatic heterocycles. The first-order valence-corrected chi connectivity index (χ1v) is 5.92. The maximum absolute atomic E-state index is 9.61. The lowest BCUT2D eigenvalue weighted by Gasteiger charge is -2.33. The summed E-state index contributed by atoms with van der Waals surface area (Å²) in [6.07, 6.45) is 3.57. The monoisotopic (exact) mass is 204 g/mol. The van der Waals surface area contributed by atoms with E-state index in [1.165, 1.54) is 30.4 Å². The maximum atomic E-state index is 9.61. The minimum Gasteiger partial charge on any atom is -0.508 e. The number of aryl methyl sites for hydroxylation is 1. The van der Waals surface area contributed by atoms with E-state index in [2.05, 4.69) is 26.8 Å². The van der Waals surface area contributed by atoms with Crippen molar-refractivity contribution in [1.29, 1.82) is 0 Å². The SMILES string of the molecule is CCC1(C(C)C)CCc2ccc(O)cc21. The van der Waals surface area contributed by atoms with Gasteiger partial charge in [-0.25, -0.2) is 0 Å². The number of hydrogen-bond donors (Lipinski definition) is 1. The highest BCUT2D eigenvalue weighted by atomic mass is 16.3. The van der Waals surface area contributed by atoms with Crippen LogP contribution in [0.25, 0.3) is 0 Å². The van der Waals surface area contributed by atoms with Crippen molar-refractivity contribution in [3.05, 3.63) is 29.3 Å². The zero-order valence-corrected chi connectivity index (χ0v) is 9.88. The van der Waals surface area contributed by atoms with Crippen LogP contribution in [-0.4, -0.2) is 5.11 Å². The smallest absolute Gasteiger partial charge is 0.115 e. The number of rotatable bonds is 2. The molecular weight excluding hydrogens is 184 g/mol. The summed E-state index contributed by atoms with van der Waals surface area (Å²) in [6.45, 7) is 6.85. The van der Waals surface area contributed by atoms with Crippen molar-refractivity contribution in [2.24, 2.45) is 5.92 Å². The predicted octanol–water partition coefficient (Wildman–Crippen LogP) is 3.64.